The fourth-order valence-corrected chi connectivity index (χ4v) is 3.87. The lowest BCUT2D eigenvalue weighted by molar-refractivity contribution is -0.686. The molecule has 0 fully saturated rings. The molecule has 0 radical (unpaired) electrons. The van der Waals surface area contributed by atoms with Crippen LogP contribution in [0.15, 0.2) is 36.5 Å². The average molecular weight is 364 g/mol. The summed E-state index contributed by atoms with van der Waals surface area (Å²) in [6.45, 7) is 4.02. The van der Waals surface area contributed by atoms with Crippen LogP contribution in [0.25, 0.3) is 22.0 Å². The van der Waals surface area contributed by atoms with Crippen molar-refractivity contribution in [1.82, 2.24) is 0 Å². The molecule has 0 aliphatic carbocycles. The van der Waals surface area contributed by atoms with E-state index in [4.69, 9.17) is 18.9 Å². The molecule has 5 rings (SSSR count). The average Bonchev–Trinajstić information content (AvgIpc) is 3.16. The van der Waals surface area contributed by atoms with Crippen LogP contribution in [0.5, 0.6) is 23.0 Å². The maximum Gasteiger partial charge on any atom is 0.231 e. The number of aromatic nitrogens is 1. The van der Waals surface area contributed by atoms with Gasteiger partial charge in [0.1, 0.15) is 0 Å². The van der Waals surface area contributed by atoms with E-state index in [0.717, 1.165) is 53.2 Å². The molecule has 3 aromatic rings. The lowest BCUT2D eigenvalue weighted by Gasteiger charge is -2.17. The van der Waals surface area contributed by atoms with Gasteiger partial charge in [-0.3, -0.25) is 0 Å². The molecular formula is C22H22NO4+. The van der Waals surface area contributed by atoms with Crippen molar-refractivity contribution in [3.63, 3.8) is 0 Å². The van der Waals surface area contributed by atoms with Crippen molar-refractivity contribution in [2.45, 2.75) is 26.3 Å². The minimum Gasteiger partial charge on any atom is -0.493 e. The first-order chi connectivity index (χ1) is 13.3. The van der Waals surface area contributed by atoms with E-state index in [1.54, 1.807) is 7.11 Å². The van der Waals surface area contributed by atoms with Gasteiger partial charge in [-0.1, -0.05) is 6.92 Å². The monoisotopic (exact) mass is 364 g/mol. The quantitative estimate of drug-likeness (QED) is 0.659. The predicted molar refractivity (Wildman–Crippen MR) is 102 cm³/mol. The molecule has 0 amide bonds. The van der Waals surface area contributed by atoms with Crippen molar-refractivity contribution in [1.29, 1.82) is 0 Å². The summed E-state index contributed by atoms with van der Waals surface area (Å²) < 4.78 is 24.9. The van der Waals surface area contributed by atoms with Crippen molar-refractivity contribution < 1.29 is 23.5 Å². The zero-order valence-corrected chi connectivity index (χ0v) is 15.6. The first-order valence-corrected chi connectivity index (χ1v) is 9.37. The van der Waals surface area contributed by atoms with Crippen LogP contribution in [0.4, 0.5) is 0 Å². The summed E-state index contributed by atoms with van der Waals surface area (Å²) in [6.07, 6.45) is 4.15. The highest BCUT2D eigenvalue weighted by atomic mass is 16.7. The molecule has 0 atom stereocenters. The Balaban J connectivity index is 1.66. The van der Waals surface area contributed by atoms with Crippen LogP contribution >= 0.6 is 0 Å². The Morgan fingerprint density at radius 2 is 1.81 bits per heavy atom. The zero-order chi connectivity index (χ0) is 18.4. The van der Waals surface area contributed by atoms with Crippen molar-refractivity contribution in [3.05, 3.63) is 42.1 Å². The summed E-state index contributed by atoms with van der Waals surface area (Å²) in [7, 11) is 1.68. The van der Waals surface area contributed by atoms with Gasteiger partial charge in [0.05, 0.1) is 19.3 Å². The normalized spacial score (nSPS) is 14.0. The highest BCUT2D eigenvalue weighted by molar-refractivity contribution is 5.87. The van der Waals surface area contributed by atoms with Gasteiger partial charge in [-0.05, 0) is 41.6 Å². The second kappa shape index (κ2) is 6.34. The van der Waals surface area contributed by atoms with E-state index >= 15 is 0 Å². The van der Waals surface area contributed by atoms with Gasteiger partial charge in [0.15, 0.2) is 35.7 Å². The first-order valence-electron chi connectivity index (χ1n) is 9.37. The van der Waals surface area contributed by atoms with Crippen molar-refractivity contribution in [3.8, 4) is 34.3 Å². The van der Waals surface area contributed by atoms with Gasteiger partial charge in [-0.25, -0.2) is 0 Å². The third-order valence-corrected chi connectivity index (χ3v) is 5.22. The Morgan fingerprint density at radius 1 is 1.00 bits per heavy atom. The van der Waals surface area contributed by atoms with Gasteiger partial charge in [0, 0.05) is 17.9 Å². The Hall–Kier alpha value is -2.95. The summed E-state index contributed by atoms with van der Waals surface area (Å²) in [6, 6.07) is 10.6. The third-order valence-electron chi connectivity index (χ3n) is 5.22. The molecule has 0 spiro atoms. The van der Waals surface area contributed by atoms with Crippen LogP contribution < -0.4 is 23.5 Å². The number of ether oxygens (including phenoxy) is 4. The number of pyridine rings is 1. The molecule has 3 heterocycles. The second-order valence-corrected chi connectivity index (χ2v) is 6.95. The number of nitrogens with zero attached hydrogens (tertiary/aromatic N) is 1. The first kappa shape index (κ1) is 16.2. The maximum atomic E-state index is 5.87. The molecule has 0 N–H and O–H groups in total. The molecule has 0 unspecified atom stereocenters. The molecule has 1 aromatic heterocycles. The zero-order valence-electron chi connectivity index (χ0n) is 15.6. The Bertz CT molecular complexity index is 1040. The van der Waals surface area contributed by atoms with Crippen LogP contribution in [0.3, 0.4) is 0 Å². The smallest absolute Gasteiger partial charge is 0.231 e. The largest absolute Gasteiger partial charge is 0.493 e. The van der Waals surface area contributed by atoms with Crippen molar-refractivity contribution >= 4 is 10.8 Å². The molecule has 5 nitrogen and oxygen atoms in total. The van der Waals surface area contributed by atoms with E-state index in [1.807, 2.05) is 0 Å². The number of rotatable bonds is 4. The standard InChI is InChI=1S/C22H22NO4/c1-3-6-25-20-10-16-12-23-5-4-14-8-21-22(27-13-26-21)11-17(14)18(23)7-15(16)9-19(20)24-2/h7-12H,3-6,13H2,1-2H3/q+1. The highest BCUT2D eigenvalue weighted by Gasteiger charge is 2.28. The molecule has 0 saturated heterocycles. The third kappa shape index (κ3) is 2.65. The fourth-order valence-electron chi connectivity index (χ4n) is 3.87. The molecule has 0 saturated carbocycles. The number of methoxy groups -OCH3 is 1. The van der Waals surface area contributed by atoms with Crippen molar-refractivity contribution in [2.24, 2.45) is 0 Å². The number of aryl methyl sites for hydroxylation is 2. The number of hydrogen-bond donors (Lipinski definition) is 0. The van der Waals surface area contributed by atoms with Gasteiger partial charge in [0.25, 0.3) is 0 Å². The molecule has 2 aliphatic rings. The van der Waals surface area contributed by atoms with E-state index in [1.165, 1.54) is 16.8 Å². The molecule has 138 valence electrons. The topological polar surface area (TPSA) is 40.8 Å². The molecular weight excluding hydrogens is 342 g/mol. The SMILES string of the molecule is CCCOc1cc2c[n+]3c(cc2cc1OC)-c1cc2c(cc1CC3)OCO2. The van der Waals surface area contributed by atoms with Crippen LogP contribution in [0.1, 0.15) is 18.9 Å². The van der Waals surface area contributed by atoms with E-state index in [-0.39, 0.29) is 0 Å². The number of hydrogen-bond acceptors (Lipinski definition) is 4. The molecule has 5 heteroatoms. The minimum absolute atomic E-state index is 0.299. The van der Waals surface area contributed by atoms with E-state index in [0.29, 0.717) is 13.4 Å². The van der Waals surface area contributed by atoms with Crippen molar-refractivity contribution in [2.75, 3.05) is 20.5 Å². The molecule has 2 aliphatic heterocycles. The Morgan fingerprint density at radius 3 is 2.63 bits per heavy atom. The highest BCUT2D eigenvalue weighted by Crippen LogP contribution is 2.40. The Labute approximate surface area is 158 Å². The predicted octanol–water partition coefficient (Wildman–Crippen LogP) is 3.88. The van der Waals surface area contributed by atoms with E-state index < -0.39 is 0 Å². The summed E-state index contributed by atoms with van der Waals surface area (Å²) in [4.78, 5) is 0. The van der Waals surface area contributed by atoms with Crippen LogP contribution in [0, 0.1) is 0 Å². The second-order valence-electron chi connectivity index (χ2n) is 6.95. The lowest BCUT2D eigenvalue weighted by Crippen LogP contribution is -2.39. The van der Waals surface area contributed by atoms with Gasteiger partial charge in [-0.15, -0.1) is 0 Å². The van der Waals surface area contributed by atoms with Gasteiger partial charge in [-0.2, -0.15) is 4.57 Å². The summed E-state index contributed by atoms with van der Waals surface area (Å²) in [5.41, 5.74) is 3.69. The van der Waals surface area contributed by atoms with Gasteiger partial charge in [0.2, 0.25) is 12.5 Å². The maximum absolute atomic E-state index is 5.87. The number of benzene rings is 2. The van der Waals surface area contributed by atoms with Crippen LogP contribution in [0.2, 0.25) is 0 Å². The molecule has 2 aromatic carbocycles. The van der Waals surface area contributed by atoms with E-state index in [2.05, 4.69) is 48.0 Å². The van der Waals surface area contributed by atoms with Gasteiger partial charge < -0.3 is 18.9 Å². The lowest BCUT2D eigenvalue weighted by atomic mass is 9.95. The van der Waals surface area contributed by atoms with Crippen LogP contribution in [-0.4, -0.2) is 20.5 Å². The summed E-state index contributed by atoms with van der Waals surface area (Å²) in [5.74, 6) is 3.24. The van der Waals surface area contributed by atoms with Crippen LogP contribution in [-0.2, 0) is 13.0 Å². The number of fused-ring (bicyclic) bond motifs is 5. The summed E-state index contributed by atoms with van der Waals surface area (Å²) >= 11 is 0. The molecule has 27 heavy (non-hydrogen) atoms. The van der Waals surface area contributed by atoms with E-state index in [9.17, 15) is 0 Å². The van der Waals surface area contributed by atoms with Gasteiger partial charge >= 0.3 is 0 Å². The fraction of sp³-hybridized carbons (Fsp3) is 0.318. The minimum atomic E-state index is 0.299. The Kier molecular flexibility index (Phi) is 3.81. The molecule has 0 bridgehead atoms. The summed E-state index contributed by atoms with van der Waals surface area (Å²) in [5, 5.41) is 2.28.